The zero-order valence-corrected chi connectivity index (χ0v) is 13.4. The van der Waals surface area contributed by atoms with E-state index >= 15 is 0 Å². The number of piperidine rings is 1. The molecule has 3 nitrogen and oxygen atoms in total. The molecule has 1 aromatic carbocycles. The first-order valence-corrected chi connectivity index (χ1v) is 8.16. The van der Waals surface area contributed by atoms with Gasteiger partial charge in [0, 0.05) is 19.6 Å². The highest BCUT2D eigenvalue weighted by atomic mass is 15.2. The van der Waals surface area contributed by atoms with Gasteiger partial charge >= 0.3 is 0 Å². The van der Waals surface area contributed by atoms with Crippen LogP contribution in [0.25, 0.3) is 0 Å². The number of rotatable bonds is 6. The van der Waals surface area contributed by atoms with Crippen LogP contribution >= 0.6 is 0 Å². The summed E-state index contributed by atoms with van der Waals surface area (Å²) in [7, 11) is 0. The largest absolute Gasteiger partial charge is 0.303 e. The molecule has 3 heteroatoms. The highest BCUT2D eigenvalue weighted by molar-refractivity contribution is 5.15. The Labute approximate surface area is 129 Å². The van der Waals surface area contributed by atoms with Crippen LogP contribution in [0.4, 0.5) is 0 Å². The van der Waals surface area contributed by atoms with Gasteiger partial charge in [-0.3, -0.25) is 4.90 Å². The lowest BCUT2D eigenvalue weighted by atomic mass is 9.86. The van der Waals surface area contributed by atoms with Crippen molar-refractivity contribution in [1.82, 2.24) is 9.80 Å². The Bertz CT molecular complexity index is 451. The topological polar surface area (TPSA) is 30.3 Å². The molecule has 1 aliphatic rings. The first-order valence-electron chi connectivity index (χ1n) is 8.16. The molecule has 0 bridgehead atoms. The van der Waals surface area contributed by atoms with Crippen LogP contribution in [0, 0.1) is 11.3 Å². The van der Waals surface area contributed by atoms with E-state index in [1.165, 1.54) is 5.56 Å². The van der Waals surface area contributed by atoms with Crippen molar-refractivity contribution in [3.05, 3.63) is 35.9 Å². The van der Waals surface area contributed by atoms with Gasteiger partial charge in [-0.25, -0.2) is 0 Å². The van der Waals surface area contributed by atoms with E-state index in [1.807, 2.05) is 0 Å². The maximum absolute atomic E-state index is 9.66. The zero-order valence-electron chi connectivity index (χ0n) is 13.4. The van der Waals surface area contributed by atoms with E-state index in [1.54, 1.807) is 0 Å². The van der Waals surface area contributed by atoms with Gasteiger partial charge in [-0.2, -0.15) is 5.26 Å². The molecule has 0 unspecified atom stereocenters. The number of nitriles is 1. The van der Waals surface area contributed by atoms with E-state index < -0.39 is 0 Å². The third-order valence-corrected chi connectivity index (χ3v) is 4.82. The molecule has 1 aromatic rings. The molecule has 1 heterocycles. The fourth-order valence-corrected chi connectivity index (χ4v) is 3.41. The van der Waals surface area contributed by atoms with E-state index in [9.17, 15) is 5.26 Å². The monoisotopic (exact) mass is 285 g/mol. The van der Waals surface area contributed by atoms with Gasteiger partial charge in [0.15, 0.2) is 0 Å². The molecular weight excluding hydrogens is 258 g/mol. The summed E-state index contributed by atoms with van der Waals surface area (Å²) in [5.41, 5.74) is 1.17. The fourth-order valence-electron chi connectivity index (χ4n) is 3.41. The second-order valence-electron chi connectivity index (χ2n) is 5.89. The van der Waals surface area contributed by atoms with Crippen LogP contribution in [0.1, 0.15) is 32.3 Å². The van der Waals surface area contributed by atoms with E-state index in [-0.39, 0.29) is 5.54 Å². The van der Waals surface area contributed by atoms with Crippen molar-refractivity contribution in [1.29, 1.82) is 5.26 Å². The minimum atomic E-state index is -0.229. The molecule has 1 aliphatic heterocycles. The molecule has 0 aliphatic carbocycles. The fraction of sp³-hybridized carbons (Fsp3) is 0.611. The first-order chi connectivity index (χ1) is 10.2. The molecule has 0 radical (unpaired) electrons. The first kappa shape index (κ1) is 16.0. The van der Waals surface area contributed by atoms with Crippen molar-refractivity contribution >= 4 is 0 Å². The summed E-state index contributed by atoms with van der Waals surface area (Å²) in [4.78, 5) is 4.84. The molecule has 1 saturated heterocycles. The van der Waals surface area contributed by atoms with E-state index in [0.29, 0.717) is 0 Å². The molecule has 0 N–H and O–H groups in total. The molecule has 0 spiro atoms. The van der Waals surface area contributed by atoms with Crippen molar-refractivity contribution in [2.75, 3.05) is 32.7 Å². The number of hydrogen-bond acceptors (Lipinski definition) is 3. The van der Waals surface area contributed by atoms with Gasteiger partial charge in [-0.15, -0.1) is 0 Å². The lowest BCUT2D eigenvalue weighted by Crippen LogP contribution is -2.54. The van der Waals surface area contributed by atoms with Crippen LogP contribution in [0.5, 0.6) is 0 Å². The molecule has 0 atom stereocenters. The van der Waals surface area contributed by atoms with Gasteiger partial charge in [-0.1, -0.05) is 44.2 Å². The Kier molecular flexibility index (Phi) is 5.78. The smallest absolute Gasteiger partial charge is 0.111 e. The maximum Gasteiger partial charge on any atom is 0.111 e. The third-order valence-electron chi connectivity index (χ3n) is 4.82. The van der Waals surface area contributed by atoms with E-state index in [4.69, 9.17) is 0 Å². The number of benzene rings is 1. The highest BCUT2D eigenvalue weighted by Gasteiger charge is 2.38. The second-order valence-corrected chi connectivity index (χ2v) is 5.89. The molecular formula is C18H27N3. The summed E-state index contributed by atoms with van der Waals surface area (Å²) < 4.78 is 0. The third kappa shape index (κ3) is 3.84. The van der Waals surface area contributed by atoms with Crippen LogP contribution < -0.4 is 0 Å². The van der Waals surface area contributed by atoms with Gasteiger partial charge < -0.3 is 4.90 Å². The Balaban J connectivity index is 1.86. The number of likely N-dealkylation sites (tertiary alicyclic amines) is 1. The standard InChI is InChI=1S/C18H27N3/c1-3-21(4-2)18(16-19)11-14-20(15-12-18)13-10-17-8-6-5-7-9-17/h5-9H,3-4,10-15H2,1-2H3. The number of hydrogen-bond donors (Lipinski definition) is 0. The van der Waals surface area contributed by atoms with Gasteiger partial charge in [0.1, 0.15) is 5.54 Å². The van der Waals surface area contributed by atoms with Crippen molar-refractivity contribution < 1.29 is 0 Å². The van der Waals surface area contributed by atoms with Crippen LogP contribution in [-0.4, -0.2) is 48.1 Å². The van der Waals surface area contributed by atoms with Crippen LogP contribution in [0.2, 0.25) is 0 Å². The highest BCUT2D eigenvalue weighted by Crippen LogP contribution is 2.28. The van der Waals surface area contributed by atoms with Gasteiger partial charge in [0.2, 0.25) is 0 Å². The minimum absolute atomic E-state index is 0.229. The van der Waals surface area contributed by atoms with Crippen LogP contribution in [0.3, 0.4) is 0 Å². The lowest BCUT2D eigenvalue weighted by Gasteiger charge is -2.43. The van der Waals surface area contributed by atoms with Gasteiger partial charge in [-0.05, 0) is 37.9 Å². The Hall–Kier alpha value is -1.37. The normalized spacial score (nSPS) is 18.6. The van der Waals surface area contributed by atoms with E-state index in [0.717, 1.165) is 52.0 Å². The zero-order chi connectivity index (χ0) is 15.1. The molecule has 21 heavy (non-hydrogen) atoms. The van der Waals surface area contributed by atoms with Crippen LogP contribution in [0.15, 0.2) is 30.3 Å². The SMILES string of the molecule is CCN(CC)C1(C#N)CCN(CCc2ccccc2)CC1. The molecule has 0 amide bonds. The van der Waals surface area contributed by atoms with Crippen LogP contribution in [-0.2, 0) is 6.42 Å². The van der Waals surface area contributed by atoms with Crippen molar-refractivity contribution in [3.8, 4) is 6.07 Å². The summed E-state index contributed by atoms with van der Waals surface area (Å²) in [5.74, 6) is 0. The summed E-state index contributed by atoms with van der Waals surface area (Å²) in [6, 6.07) is 13.3. The molecule has 0 aromatic heterocycles. The Morgan fingerprint density at radius 1 is 1.14 bits per heavy atom. The Morgan fingerprint density at radius 3 is 2.29 bits per heavy atom. The molecule has 1 fully saturated rings. The van der Waals surface area contributed by atoms with Crippen molar-refractivity contribution in [2.45, 2.75) is 38.6 Å². The second kappa shape index (κ2) is 7.59. The average molecular weight is 285 g/mol. The Morgan fingerprint density at radius 2 is 1.76 bits per heavy atom. The predicted octanol–water partition coefficient (Wildman–Crippen LogP) is 2.93. The maximum atomic E-state index is 9.66. The summed E-state index contributed by atoms with van der Waals surface area (Å²) >= 11 is 0. The number of nitrogens with zero attached hydrogens (tertiary/aromatic N) is 3. The molecule has 2 rings (SSSR count). The van der Waals surface area contributed by atoms with Crippen molar-refractivity contribution in [2.24, 2.45) is 0 Å². The average Bonchev–Trinajstić information content (AvgIpc) is 2.56. The lowest BCUT2D eigenvalue weighted by molar-refractivity contribution is 0.0689. The quantitative estimate of drug-likeness (QED) is 0.805. The summed E-state index contributed by atoms with van der Waals surface area (Å²) in [6.07, 6.45) is 3.05. The van der Waals surface area contributed by atoms with Gasteiger partial charge in [0.25, 0.3) is 0 Å². The molecule has 114 valence electrons. The molecule has 0 saturated carbocycles. The summed E-state index contributed by atoms with van der Waals surface area (Å²) in [6.45, 7) is 9.43. The predicted molar refractivity (Wildman–Crippen MR) is 87.1 cm³/mol. The van der Waals surface area contributed by atoms with Gasteiger partial charge in [0.05, 0.1) is 6.07 Å². The minimum Gasteiger partial charge on any atom is -0.303 e. The van der Waals surface area contributed by atoms with E-state index in [2.05, 4.69) is 60.0 Å². The summed E-state index contributed by atoms with van der Waals surface area (Å²) in [5, 5.41) is 9.66. The van der Waals surface area contributed by atoms with Crippen molar-refractivity contribution in [3.63, 3.8) is 0 Å².